The summed E-state index contributed by atoms with van der Waals surface area (Å²) < 4.78 is 23.3. The standard InChI is InChI=1S/C5H7F2NO/c6-5(7)3-1-4(3)8-2-9/h2-5H,1H2,(H,8,9)/t3-,4-/m0/s1. The van der Waals surface area contributed by atoms with Crippen molar-refractivity contribution < 1.29 is 13.6 Å². The second-order valence-corrected chi connectivity index (χ2v) is 2.13. The van der Waals surface area contributed by atoms with Gasteiger partial charge in [0.15, 0.2) is 0 Å². The molecular formula is C5H7F2NO. The fourth-order valence-electron chi connectivity index (χ4n) is 0.772. The molecule has 0 saturated heterocycles. The molecule has 9 heavy (non-hydrogen) atoms. The van der Waals surface area contributed by atoms with Crippen molar-refractivity contribution in [3.8, 4) is 0 Å². The number of hydrogen-bond acceptors (Lipinski definition) is 1. The van der Waals surface area contributed by atoms with Gasteiger partial charge in [-0.15, -0.1) is 0 Å². The Balaban J connectivity index is 2.16. The van der Waals surface area contributed by atoms with Gasteiger partial charge in [0.1, 0.15) is 0 Å². The number of carbonyl (C=O) groups is 1. The van der Waals surface area contributed by atoms with Crippen molar-refractivity contribution in [2.75, 3.05) is 0 Å². The van der Waals surface area contributed by atoms with E-state index >= 15 is 0 Å². The molecule has 2 atom stereocenters. The molecule has 0 unspecified atom stereocenters. The minimum atomic E-state index is -2.28. The predicted octanol–water partition coefficient (Wildman–Crippen LogP) is 0.386. The van der Waals surface area contributed by atoms with Crippen LogP contribution in [-0.4, -0.2) is 18.9 Å². The summed E-state index contributed by atoms with van der Waals surface area (Å²) in [6.07, 6.45) is -1.38. The molecule has 0 aliphatic heterocycles. The van der Waals surface area contributed by atoms with Gasteiger partial charge in [-0.3, -0.25) is 4.79 Å². The molecule has 0 radical (unpaired) electrons. The zero-order valence-corrected chi connectivity index (χ0v) is 4.68. The lowest BCUT2D eigenvalue weighted by atomic mass is 10.4. The van der Waals surface area contributed by atoms with E-state index in [1.54, 1.807) is 0 Å². The van der Waals surface area contributed by atoms with Gasteiger partial charge in [-0.2, -0.15) is 0 Å². The number of rotatable bonds is 3. The number of alkyl halides is 2. The third-order valence-electron chi connectivity index (χ3n) is 1.45. The monoisotopic (exact) mass is 135 g/mol. The van der Waals surface area contributed by atoms with Gasteiger partial charge < -0.3 is 5.32 Å². The molecule has 0 heterocycles. The van der Waals surface area contributed by atoms with Gasteiger partial charge >= 0.3 is 0 Å². The summed E-state index contributed by atoms with van der Waals surface area (Å²) in [5.41, 5.74) is 0. The van der Waals surface area contributed by atoms with Crippen LogP contribution in [-0.2, 0) is 4.79 Å². The van der Waals surface area contributed by atoms with Crippen LogP contribution in [0.1, 0.15) is 6.42 Å². The summed E-state index contributed by atoms with van der Waals surface area (Å²) in [6.45, 7) is 0. The van der Waals surface area contributed by atoms with E-state index in [-0.39, 0.29) is 6.04 Å². The van der Waals surface area contributed by atoms with Crippen LogP contribution in [0.5, 0.6) is 0 Å². The first-order chi connectivity index (χ1) is 4.25. The molecule has 1 aliphatic carbocycles. The Labute approximate surface area is 51.2 Å². The Morgan fingerprint density at radius 3 is 2.67 bits per heavy atom. The summed E-state index contributed by atoms with van der Waals surface area (Å²) in [4.78, 5) is 9.67. The van der Waals surface area contributed by atoms with Gasteiger partial charge in [0.05, 0.1) is 0 Å². The molecule has 1 N–H and O–H groups in total. The molecular weight excluding hydrogens is 128 g/mol. The molecule has 1 fully saturated rings. The van der Waals surface area contributed by atoms with Crippen LogP contribution >= 0.6 is 0 Å². The molecule has 1 rings (SSSR count). The lowest BCUT2D eigenvalue weighted by molar-refractivity contribution is -0.109. The van der Waals surface area contributed by atoms with Crippen LogP contribution in [0.15, 0.2) is 0 Å². The molecule has 0 spiro atoms. The Morgan fingerprint density at radius 1 is 1.67 bits per heavy atom. The SMILES string of the molecule is O=CN[C@H]1C[C@@H]1C(F)F. The molecule has 2 nitrogen and oxygen atoms in total. The molecule has 52 valence electrons. The number of carbonyl (C=O) groups excluding carboxylic acids is 1. The van der Waals surface area contributed by atoms with Crippen LogP contribution in [0.2, 0.25) is 0 Å². The van der Waals surface area contributed by atoms with E-state index in [2.05, 4.69) is 5.32 Å². The fourth-order valence-corrected chi connectivity index (χ4v) is 0.772. The van der Waals surface area contributed by atoms with Crippen molar-refractivity contribution in [3.63, 3.8) is 0 Å². The first-order valence-electron chi connectivity index (χ1n) is 2.73. The summed E-state index contributed by atoms with van der Waals surface area (Å²) in [6, 6.07) is -0.262. The number of nitrogens with one attached hydrogen (secondary N) is 1. The molecule has 0 aromatic carbocycles. The topological polar surface area (TPSA) is 29.1 Å². The molecule has 0 aromatic rings. The lowest BCUT2D eigenvalue weighted by Gasteiger charge is -1.93. The lowest BCUT2D eigenvalue weighted by Crippen LogP contribution is -2.17. The van der Waals surface area contributed by atoms with Crippen LogP contribution < -0.4 is 5.32 Å². The first kappa shape index (κ1) is 6.45. The normalized spacial score (nSPS) is 32.3. The largest absolute Gasteiger partial charge is 0.355 e. The Bertz CT molecular complexity index is 118. The molecule has 1 aliphatic rings. The van der Waals surface area contributed by atoms with Crippen molar-refractivity contribution >= 4 is 6.41 Å². The maximum atomic E-state index is 11.6. The minimum absolute atomic E-state index is 0.262. The van der Waals surface area contributed by atoms with E-state index in [0.29, 0.717) is 12.8 Å². The van der Waals surface area contributed by atoms with E-state index < -0.39 is 12.3 Å². The van der Waals surface area contributed by atoms with Crippen LogP contribution in [0, 0.1) is 5.92 Å². The molecule has 1 saturated carbocycles. The highest BCUT2D eigenvalue weighted by atomic mass is 19.3. The minimum Gasteiger partial charge on any atom is -0.355 e. The second kappa shape index (κ2) is 2.29. The predicted molar refractivity (Wildman–Crippen MR) is 27.1 cm³/mol. The zero-order chi connectivity index (χ0) is 6.85. The second-order valence-electron chi connectivity index (χ2n) is 2.13. The molecule has 4 heteroatoms. The van der Waals surface area contributed by atoms with Crippen LogP contribution in [0.25, 0.3) is 0 Å². The summed E-state index contributed by atoms with van der Waals surface area (Å²) in [5, 5.41) is 2.29. The summed E-state index contributed by atoms with van der Waals surface area (Å²) in [7, 11) is 0. The quantitative estimate of drug-likeness (QED) is 0.557. The van der Waals surface area contributed by atoms with Crippen molar-refractivity contribution in [1.82, 2.24) is 5.32 Å². The third-order valence-corrected chi connectivity index (χ3v) is 1.45. The Hall–Kier alpha value is -0.670. The number of halogens is 2. The van der Waals surface area contributed by atoms with Crippen molar-refractivity contribution in [3.05, 3.63) is 0 Å². The molecule has 1 amide bonds. The van der Waals surface area contributed by atoms with Crippen LogP contribution in [0.3, 0.4) is 0 Å². The maximum absolute atomic E-state index is 11.6. The van der Waals surface area contributed by atoms with Crippen molar-refractivity contribution in [1.29, 1.82) is 0 Å². The first-order valence-corrected chi connectivity index (χ1v) is 2.73. The molecule has 0 bridgehead atoms. The van der Waals surface area contributed by atoms with E-state index in [4.69, 9.17) is 0 Å². The fraction of sp³-hybridized carbons (Fsp3) is 0.800. The van der Waals surface area contributed by atoms with E-state index in [9.17, 15) is 13.6 Å². The van der Waals surface area contributed by atoms with Gasteiger partial charge in [0.25, 0.3) is 0 Å². The van der Waals surface area contributed by atoms with Crippen molar-refractivity contribution in [2.24, 2.45) is 5.92 Å². The van der Waals surface area contributed by atoms with Gasteiger partial charge in [-0.25, -0.2) is 8.78 Å². The van der Waals surface area contributed by atoms with Crippen LogP contribution in [0.4, 0.5) is 8.78 Å². The highest BCUT2D eigenvalue weighted by Crippen LogP contribution is 2.35. The van der Waals surface area contributed by atoms with Gasteiger partial charge in [-0.1, -0.05) is 0 Å². The average Bonchev–Trinajstić information content (AvgIpc) is 2.47. The Morgan fingerprint density at radius 2 is 2.33 bits per heavy atom. The summed E-state index contributed by atoms with van der Waals surface area (Å²) in [5.74, 6) is -0.588. The van der Waals surface area contributed by atoms with E-state index in [1.165, 1.54) is 0 Å². The highest BCUT2D eigenvalue weighted by Gasteiger charge is 2.43. The van der Waals surface area contributed by atoms with E-state index in [1.807, 2.05) is 0 Å². The zero-order valence-electron chi connectivity index (χ0n) is 4.68. The van der Waals surface area contributed by atoms with Gasteiger partial charge in [-0.05, 0) is 6.42 Å². The Kier molecular flexibility index (Phi) is 1.64. The average molecular weight is 135 g/mol. The molecule has 0 aromatic heterocycles. The maximum Gasteiger partial charge on any atom is 0.243 e. The van der Waals surface area contributed by atoms with Gasteiger partial charge in [0.2, 0.25) is 12.8 Å². The van der Waals surface area contributed by atoms with Gasteiger partial charge in [0, 0.05) is 12.0 Å². The third kappa shape index (κ3) is 1.37. The highest BCUT2D eigenvalue weighted by molar-refractivity contribution is 5.47. The number of hydrogen-bond donors (Lipinski definition) is 1. The smallest absolute Gasteiger partial charge is 0.243 e. The number of amides is 1. The van der Waals surface area contributed by atoms with E-state index in [0.717, 1.165) is 0 Å². The summed E-state index contributed by atoms with van der Waals surface area (Å²) >= 11 is 0. The van der Waals surface area contributed by atoms with Crippen molar-refractivity contribution in [2.45, 2.75) is 18.9 Å².